The Bertz CT molecular complexity index is 307. The zero-order chi connectivity index (χ0) is 15.2. The van der Waals surface area contributed by atoms with E-state index in [-0.39, 0.29) is 12.1 Å². The summed E-state index contributed by atoms with van der Waals surface area (Å²) in [6.45, 7) is 11.0. The largest absolute Gasteiger partial charge is 0.444 e. The van der Waals surface area contributed by atoms with Crippen molar-refractivity contribution in [2.75, 3.05) is 31.9 Å². The second kappa shape index (κ2) is 8.10. The third-order valence-electron chi connectivity index (χ3n) is 3.29. The summed E-state index contributed by atoms with van der Waals surface area (Å²) in [4.78, 5) is 14.1. The third-order valence-corrected chi connectivity index (χ3v) is 4.67. The molecule has 0 aromatic carbocycles. The normalized spacial score (nSPS) is 22.4. The molecule has 2 unspecified atom stereocenters. The molecular formula is C14H29N3O2S. The van der Waals surface area contributed by atoms with Gasteiger partial charge in [-0.05, 0) is 27.2 Å². The van der Waals surface area contributed by atoms with Crippen LogP contribution in [0.4, 0.5) is 4.79 Å². The Hall–Kier alpha value is -0.460. The van der Waals surface area contributed by atoms with Gasteiger partial charge in [0.1, 0.15) is 5.60 Å². The van der Waals surface area contributed by atoms with E-state index in [1.165, 1.54) is 6.42 Å². The van der Waals surface area contributed by atoms with Gasteiger partial charge in [0.15, 0.2) is 0 Å². The summed E-state index contributed by atoms with van der Waals surface area (Å²) in [5.74, 6) is 1.14. The first-order valence-corrected chi connectivity index (χ1v) is 8.43. The Labute approximate surface area is 127 Å². The van der Waals surface area contributed by atoms with Crippen LogP contribution in [-0.2, 0) is 4.74 Å². The predicted octanol–water partition coefficient (Wildman–Crippen LogP) is 1.67. The Kier molecular flexibility index (Phi) is 7.12. The molecule has 0 aliphatic carbocycles. The predicted molar refractivity (Wildman–Crippen MR) is 85.2 cm³/mol. The molecule has 2 atom stereocenters. The molecule has 0 spiro atoms. The lowest BCUT2D eigenvalue weighted by molar-refractivity contribution is 0.0508. The number of carbonyl (C=O) groups excluding carboxylic acids is 1. The highest BCUT2D eigenvalue weighted by atomic mass is 32.2. The fourth-order valence-corrected chi connectivity index (χ4v) is 3.40. The minimum absolute atomic E-state index is 0.192. The smallest absolute Gasteiger partial charge is 0.407 e. The molecule has 1 fully saturated rings. The first-order valence-electron chi connectivity index (χ1n) is 7.38. The number of hydrogen-bond donors (Lipinski definition) is 2. The van der Waals surface area contributed by atoms with Crippen LogP contribution < -0.4 is 11.1 Å². The van der Waals surface area contributed by atoms with Crippen LogP contribution in [-0.4, -0.2) is 59.8 Å². The maximum Gasteiger partial charge on any atom is 0.407 e. The molecule has 1 amide bonds. The fourth-order valence-electron chi connectivity index (χ4n) is 2.20. The summed E-state index contributed by atoms with van der Waals surface area (Å²) >= 11 is 2.03. The van der Waals surface area contributed by atoms with E-state index >= 15 is 0 Å². The molecular weight excluding hydrogens is 274 g/mol. The van der Waals surface area contributed by atoms with Crippen LogP contribution in [0.15, 0.2) is 0 Å². The van der Waals surface area contributed by atoms with Crippen LogP contribution in [0.1, 0.15) is 34.1 Å². The van der Waals surface area contributed by atoms with Gasteiger partial charge < -0.3 is 15.8 Å². The van der Waals surface area contributed by atoms with Gasteiger partial charge >= 0.3 is 6.09 Å². The number of nitrogens with zero attached hydrogens (tertiary/aromatic N) is 1. The zero-order valence-corrected chi connectivity index (χ0v) is 14.0. The van der Waals surface area contributed by atoms with Gasteiger partial charge in [-0.25, -0.2) is 4.79 Å². The van der Waals surface area contributed by atoms with Gasteiger partial charge in [0.2, 0.25) is 0 Å². The summed E-state index contributed by atoms with van der Waals surface area (Å²) in [7, 11) is 0. The third kappa shape index (κ3) is 6.33. The van der Waals surface area contributed by atoms with E-state index in [2.05, 4.69) is 17.1 Å². The zero-order valence-electron chi connectivity index (χ0n) is 13.1. The second-order valence-corrected chi connectivity index (χ2v) is 7.58. The van der Waals surface area contributed by atoms with Crippen molar-refractivity contribution in [2.24, 2.45) is 5.73 Å². The number of hydrogen-bond acceptors (Lipinski definition) is 5. The minimum atomic E-state index is -0.461. The summed E-state index contributed by atoms with van der Waals surface area (Å²) in [6, 6.07) is 0.192. The number of nitrogens with two attached hydrogens (primary N) is 1. The van der Waals surface area contributed by atoms with Crippen molar-refractivity contribution < 1.29 is 9.53 Å². The van der Waals surface area contributed by atoms with E-state index in [9.17, 15) is 4.79 Å². The molecule has 1 aliphatic rings. The standard InChI is InChI=1S/C14H29N3O2S/c1-5-12-10-17(6-7-20-12)11(8-15)9-16-13(18)19-14(2,3)4/h11-12H,5-10,15H2,1-4H3,(H,16,18). The van der Waals surface area contributed by atoms with E-state index in [1.807, 2.05) is 32.5 Å². The maximum absolute atomic E-state index is 11.7. The van der Waals surface area contributed by atoms with Crippen molar-refractivity contribution in [3.63, 3.8) is 0 Å². The number of ether oxygens (including phenoxy) is 1. The molecule has 0 aromatic rings. The summed E-state index contributed by atoms with van der Waals surface area (Å²) in [6.07, 6.45) is 0.812. The Morgan fingerprint density at radius 2 is 2.25 bits per heavy atom. The molecule has 0 bridgehead atoms. The summed E-state index contributed by atoms with van der Waals surface area (Å²) in [5.41, 5.74) is 5.40. The molecule has 0 radical (unpaired) electrons. The Morgan fingerprint density at radius 3 is 2.80 bits per heavy atom. The lowest BCUT2D eigenvalue weighted by atomic mass is 10.2. The van der Waals surface area contributed by atoms with Crippen molar-refractivity contribution in [1.82, 2.24) is 10.2 Å². The highest BCUT2D eigenvalue weighted by Crippen LogP contribution is 2.22. The monoisotopic (exact) mass is 303 g/mol. The molecule has 1 rings (SSSR count). The van der Waals surface area contributed by atoms with E-state index in [0.29, 0.717) is 18.3 Å². The molecule has 0 aromatic heterocycles. The van der Waals surface area contributed by atoms with Gasteiger partial charge in [0.25, 0.3) is 0 Å². The van der Waals surface area contributed by atoms with Crippen LogP contribution in [0, 0.1) is 0 Å². The molecule has 1 saturated heterocycles. The molecule has 1 heterocycles. The van der Waals surface area contributed by atoms with Crippen molar-refractivity contribution in [2.45, 2.75) is 51.0 Å². The lowest BCUT2D eigenvalue weighted by Gasteiger charge is -2.37. The van der Waals surface area contributed by atoms with Crippen LogP contribution in [0.5, 0.6) is 0 Å². The number of nitrogens with one attached hydrogen (secondary N) is 1. The van der Waals surface area contributed by atoms with Crippen molar-refractivity contribution in [1.29, 1.82) is 0 Å². The van der Waals surface area contributed by atoms with Crippen molar-refractivity contribution >= 4 is 17.9 Å². The average molecular weight is 303 g/mol. The minimum Gasteiger partial charge on any atom is -0.444 e. The van der Waals surface area contributed by atoms with Gasteiger partial charge in [0, 0.05) is 43.2 Å². The summed E-state index contributed by atoms with van der Waals surface area (Å²) < 4.78 is 5.25. The van der Waals surface area contributed by atoms with E-state index in [4.69, 9.17) is 10.5 Å². The molecule has 6 heteroatoms. The molecule has 0 saturated carbocycles. The van der Waals surface area contributed by atoms with Gasteiger partial charge in [-0.2, -0.15) is 11.8 Å². The van der Waals surface area contributed by atoms with Crippen molar-refractivity contribution in [3.05, 3.63) is 0 Å². The van der Waals surface area contributed by atoms with Crippen LogP contribution in [0.3, 0.4) is 0 Å². The first-order chi connectivity index (χ1) is 9.35. The molecule has 1 aliphatic heterocycles. The van der Waals surface area contributed by atoms with Crippen LogP contribution in [0.2, 0.25) is 0 Å². The fraction of sp³-hybridized carbons (Fsp3) is 0.929. The second-order valence-electron chi connectivity index (χ2n) is 6.17. The Balaban J connectivity index is 2.40. The van der Waals surface area contributed by atoms with Gasteiger partial charge in [-0.3, -0.25) is 4.90 Å². The Morgan fingerprint density at radius 1 is 1.55 bits per heavy atom. The van der Waals surface area contributed by atoms with E-state index in [0.717, 1.165) is 18.8 Å². The van der Waals surface area contributed by atoms with Crippen LogP contribution >= 0.6 is 11.8 Å². The lowest BCUT2D eigenvalue weighted by Crippen LogP contribution is -2.52. The molecule has 5 nitrogen and oxygen atoms in total. The number of rotatable bonds is 5. The molecule has 118 valence electrons. The highest BCUT2D eigenvalue weighted by Gasteiger charge is 2.25. The van der Waals surface area contributed by atoms with Gasteiger partial charge in [-0.1, -0.05) is 6.92 Å². The van der Waals surface area contributed by atoms with Crippen LogP contribution in [0.25, 0.3) is 0 Å². The summed E-state index contributed by atoms with van der Waals surface area (Å²) in [5, 5.41) is 3.51. The number of alkyl carbamates (subject to hydrolysis) is 1. The highest BCUT2D eigenvalue weighted by molar-refractivity contribution is 8.00. The maximum atomic E-state index is 11.7. The van der Waals surface area contributed by atoms with E-state index in [1.54, 1.807) is 0 Å². The first kappa shape index (κ1) is 17.6. The topological polar surface area (TPSA) is 67.6 Å². The molecule has 20 heavy (non-hydrogen) atoms. The van der Waals surface area contributed by atoms with E-state index < -0.39 is 5.60 Å². The average Bonchev–Trinajstić information content (AvgIpc) is 2.37. The van der Waals surface area contributed by atoms with Gasteiger partial charge in [-0.15, -0.1) is 0 Å². The quantitative estimate of drug-likeness (QED) is 0.808. The SMILES string of the molecule is CCC1CN(C(CN)CNC(=O)OC(C)(C)C)CCS1. The van der Waals surface area contributed by atoms with Crippen molar-refractivity contribution in [3.8, 4) is 0 Å². The number of amides is 1. The van der Waals surface area contributed by atoms with Gasteiger partial charge in [0.05, 0.1) is 0 Å². The number of thioether (sulfide) groups is 1. The number of carbonyl (C=O) groups is 1. The molecule has 3 N–H and O–H groups in total.